The predicted molar refractivity (Wildman–Crippen MR) is 66.7 cm³/mol. The minimum absolute atomic E-state index is 0.0198. The van der Waals surface area contributed by atoms with Gasteiger partial charge in [-0.3, -0.25) is 4.79 Å². The number of rotatable bonds is 2. The number of ether oxygens (including phenoxy) is 2. The summed E-state index contributed by atoms with van der Waals surface area (Å²) >= 11 is 0. The summed E-state index contributed by atoms with van der Waals surface area (Å²) in [6.45, 7) is 5.35. The number of amides is 1. The van der Waals surface area contributed by atoms with Crippen molar-refractivity contribution in [3.05, 3.63) is 0 Å². The van der Waals surface area contributed by atoms with Gasteiger partial charge in [0.15, 0.2) is 6.10 Å². The number of morpholine rings is 1. The van der Waals surface area contributed by atoms with E-state index in [4.69, 9.17) is 14.6 Å². The number of hydrogen-bond donors (Lipinski definition) is 1. The number of carbonyl (C=O) groups is 2. The molecule has 0 spiro atoms. The molecule has 2 heterocycles. The summed E-state index contributed by atoms with van der Waals surface area (Å²) in [4.78, 5) is 25.2. The first-order valence-corrected chi connectivity index (χ1v) is 6.68. The minimum atomic E-state index is -1.02. The number of carbonyl (C=O) groups excluding carboxylic acids is 1. The molecule has 108 valence electrons. The Hall–Kier alpha value is -1.14. The fraction of sp³-hybridized carbons (Fsp3) is 0.846. The molecule has 0 radical (unpaired) electrons. The molecule has 0 aliphatic carbocycles. The molecule has 6 nitrogen and oxygen atoms in total. The highest BCUT2D eigenvalue weighted by molar-refractivity contribution is 5.83. The lowest BCUT2D eigenvalue weighted by molar-refractivity contribution is -0.172. The van der Waals surface area contributed by atoms with E-state index in [2.05, 4.69) is 0 Å². The SMILES string of the molecule is C[C@@H]1CN(C(=O)C2(C)CCCOC2)CC(C(=O)O)O1. The Morgan fingerprint density at radius 2 is 2.11 bits per heavy atom. The molecule has 1 N–H and O–H groups in total. The normalized spacial score (nSPS) is 36.0. The minimum Gasteiger partial charge on any atom is -0.479 e. The maximum Gasteiger partial charge on any atom is 0.334 e. The zero-order valence-corrected chi connectivity index (χ0v) is 11.4. The molecule has 2 aliphatic rings. The van der Waals surface area contributed by atoms with Crippen LogP contribution in [0, 0.1) is 5.41 Å². The third-order valence-electron chi connectivity index (χ3n) is 3.78. The van der Waals surface area contributed by atoms with Crippen molar-refractivity contribution < 1.29 is 24.2 Å². The lowest BCUT2D eigenvalue weighted by atomic mass is 9.83. The summed E-state index contributed by atoms with van der Waals surface area (Å²) in [5.74, 6) is -1.04. The first-order chi connectivity index (χ1) is 8.92. The summed E-state index contributed by atoms with van der Waals surface area (Å²) < 4.78 is 10.7. The van der Waals surface area contributed by atoms with Crippen LogP contribution in [0.25, 0.3) is 0 Å². The van der Waals surface area contributed by atoms with Gasteiger partial charge in [-0.05, 0) is 26.7 Å². The molecule has 2 rings (SSSR count). The standard InChI is InChI=1S/C13H21NO5/c1-9-6-14(7-10(19-9)11(15)16)12(17)13(2)4-3-5-18-8-13/h9-10H,3-8H2,1-2H3,(H,15,16)/t9-,10?,13?/m1/s1. The van der Waals surface area contributed by atoms with E-state index in [1.54, 1.807) is 11.8 Å². The van der Waals surface area contributed by atoms with Gasteiger partial charge in [0.05, 0.1) is 24.7 Å². The Balaban J connectivity index is 2.07. The van der Waals surface area contributed by atoms with E-state index in [9.17, 15) is 9.59 Å². The number of carboxylic acids is 1. The number of hydrogen-bond acceptors (Lipinski definition) is 4. The second kappa shape index (κ2) is 5.46. The van der Waals surface area contributed by atoms with E-state index < -0.39 is 17.5 Å². The van der Waals surface area contributed by atoms with Crippen LogP contribution in [0.15, 0.2) is 0 Å². The molecule has 19 heavy (non-hydrogen) atoms. The van der Waals surface area contributed by atoms with Gasteiger partial charge in [0.2, 0.25) is 5.91 Å². The Kier molecular flexibility index (Phi) is 4.10. The zero-order chi connectivity index (χ0) is 14.0. The predicted octanol–water partition coefficient (Wildman–Crippen LogP) is 0.504. The maximum absolute atomic E-state index is 12.6. The molecule has 1 amide bonds. The maximum atomic E-state index is 12.6. The van der Waals surface area contributed by atoms with Gasteiger partial charge < -0.3 is 19.5 Å². The molecular weight excluding hydrogens is 250 g/mol. The van der Waals surface area contributed by atoms with Gasteiger partial charge >= 0.3 is 5.97 Å². The Morgan fingerprint density at radius 3 is 2.68 bits per heavy atom. The van der Waals surface area contributed by atoms with Crippen LogP contribution in [-0.4, -0.2) is 60.4 Å². The molecule has 0 aromatic carbocycles. The van der Waals surface area contributed by atoms with Gasteiger partial charge in [0.1, 0.15) is 0 Å². The number of aliphatic carboxylic acids is 1. The van der Waals surface area contributed by atoms with E-state index in [0.29, 0.717) is 19.8 Å². The van der Waals surface area contributed by atoms with Crippen molar-refractivity contribution in [2.24, 2.45) is 5.41 Å². The largest absolute Gasteiger partial charge is 0.479 e. The average molecular weight is 271 g/mol. The van der Waals surface area contributed by atoms with Crippen LogP contribution >= 0.6 is 0 Å². The second-order valence-corrected chi connectivity index (χ2v) is 5.70. The Morgan fingerprint density at radius 1 is 1.37 bits per heavy atom. The fourth-order valence-electron chi connectivity index (χ4n) is 2.74. The van der Waals surface area contributed by atoms with Crippen molar-refractivity contribution in [3.63, 3.8) is 0 Å². The molecule has 0 aromatic rings. The lowest BCUT2D eigenvalue weighted by Gasteiger charge is -2.41. The van der Waals surface area contributed by atoms with Gasteiger partial charge in [-0.25, -0.2) is 4.79 Å². The van der Waals surface area contributed by atoms with Crippen LogP contribution < -0.4 is 0 Å². The third kappa shape index (κ3) is 3.06. The summed E-state index contributed by atoms with van der Waals surface area (Å²) in [6.07, 6.45) is 0.465. The van der Waals surface area contributed by atoms with Crippen LogP contribution in [0.2, 0.25) is 0 Å². The highest BCUT2D eigenvalue weighted by atomic mass is 16.5. The van der Waals surface area contributed by atoms with Crippen LogP contribution in [-0.2, 0) is 19.1 Å². The molecule has 2 unspecified atom stereocenters. The van der Waals surface area contributed by atoms with Gasteiger partial charge in [-0.15, -0.1) is 0 Å². The summed E-state index contributed by atoms with van der Waals surface area (Å²) in [5.41, 5.74) is -0.529. The second-order valence-electron chi connectivity index (χ2n) is 5.70. The number of carboxylic acid groups (broad SMARTS) is 1. The van der Waals surface area contributed by atoms with E-state index >= 15 is 0 Å². The molecule has 0 bridgehead atoms. The van der Waals surface area contributed by atoms with Crippen LogP contribution in [0.3, 0.4) is 0 Å². The van der Waals surface area contributed by atoms with Crippen LogP contribution in [0.4, 0.5) is 0 Å². The van der Waals surface area contributed by atoms with Crippen molar-refractivity contribution in [2.75, 3.05) is 26.3 Å². The summed E-state index contributed by atoms with van der Waals surface area (Å²) in [6, 6.07) is 0. The monoisotopic (exact) mass is 271 g/mol. The summed E-state index contributed by atoms with van der Waals surface area (Å²) in [7, 11) is 0. The highest BCUT2D eigenvalue weighted by Crippen LogP contribution is 2.31. The topological polar surface area (TPSA) is 76.1 Å². The van der Waals surface area contributed by atoms with Gasteiger partial charge in [-0.2, -0.15) is 0 Å². The van der Waals surface area contributed by atoms with E-state index in [1.807, 2.05) is 6.92 Å². The quantitative estimate of drug-likeness (QED) is 0.791. The zero-order valence-electron chi connectivity index (χ0n) is 11.4. The third-order valence-corrected chi connectivity index (χ3v) is 3.78. The first-order valence-electron chi connectivity index (χ1n) is 6.68. The number of nitrogens with zero attached hydrogens (tertiary/aromatic N) is 1. The molecule has 2 saturated heterocycles. The van der Waals surface area contributed by atoms with E-state index in [0.717, 1.165) is 12.8 Å². The molecule has 0 aromatic heterocycles. The summed E-state index contributed by atoms with van der Waals surface area (Å²) in [5, 5.41) is 9.04. The molecule has 6 heteroatoms. The van der Waals surface area contributed by atoms with Crippen molar-refractivity contribution in [1.82, 2.24) is 4.90 Å². The van der Waals surface area contributed by atoms with Crippen molar-refractivity contribution in [2.45, 2.75) is 38.9 Å². The lowest BCUT2D eigenvalue weighted by Crippen LogP contribution is -2.56. The van der Waals surface area contributed by atoms with Gasteiger partial charge in [0, 0.05) is 13.2 Å². The van der Waals surface area contributed by atoms with Crippen LogP contribution in [0.5, 0.6) is 0 Å². The smallest absolute Gasteiger partial charge is 0.334 e. The van der Waals surface area contributed by atoms with Crippen molar-refractivity contribution in [3.8, 4) is 0 Å². The molecule has 2 fully saturated rings. The van der Waals surface area contributed by atoms with Crippen molar-refractivity contribution in [1.29, 1.82) is 0 Å². The first kappa shape index (κ1) is 14.3. The van der Waals surface area contributed by atoms with E-state index in [1.165, 1.54) is 0 Å². The fourth-order valence-corrected chi connectivity index (χ4v) is 2.74. The average Bonchev–Trinajstić information content (AvgIpc) is 2.38. The van der Waals surface area contributed by atoms with Gasteiger partial charge in [0.25, 0.3) is 0 Å². The Bertz CT molecular complexity index is 364. The van der Waals surface area contributed by atoms with E-state index in [-0.39, 0.29) is 18.6 Å². The highest BCUT2D eigenvalue weighted by Gasteiger charge is 2.42. The molecule has 0 saturated carbocycles. The van der Waals surface area contributed by atoms with Gasteiger partial charge in [-0.1, -0.05) is 0 Å². The Labute approximate surface area is 112 Å². The molecule has 2 aliphatic heterocycles. The molecular formula is C13H21NO5. The van der Waals surface area contributed by atoms with Crippen molar-refractivity contribution >= 4 is 11.9 Å². The van der Waals surface area contributed by atoms with Crippen LogP contribution in [0.1, 0.15) is 26.7 Å². The molecule has 3 atom stereocenters.